The maximum atomic E-state index is 11.4. The summed E-state index contributed by atoms with van der Waals surface area (Å²) in [6, 6.07) is 0. The highest BCUT2D eigenvalue weighted by Gasteiger charge is 2.32. The van der Waals surface area contributed by atoms with E-state index in [-0.39, 0.29) is 19.1 Å². The second-order valence-corrected chi connectivity index (χ2v) is 9.24. The molecule has 0 spiro atoms. The zero-order valence-corrected chi connectivity index (χ0v) is 17.0. The van der Waals surface area contributed by atoms with E-state index in [0.717, 1.165) is 0 Å². The van der Waals surface area contributed by atoms with Crippen molar-refractivity contribution in [2.24, 2.45) is 11.8 Å². The van der Waals surface area contributed by atoms with E-state index >= 15 is 0 Å². The van der Waals surface area contributed by atoms with Crippen LogP contribution in [-0.4, -0.2) is 54.5 Å². The number of esters is 2. The van der Waals surface area contributed by atoms with Crippen molar-refractivity contribution in [1.82, 2.24) is 0 Å². The Labute approximate surface area is 150 Å². The monoisotopic (exact) mass is 430 g/mol. The second-order valence-electron chi connectivity index (χ2n) is 4.25. The second kappa shape index (κ2) is 14.2. The van der Waals surface area contributed by atoms with E-state index in [1.54, 1.807) is 27.7 Å². The molecule has 0 saturated heterocycles. The predicted molar refractivity (Wildman–Crippen MR) is 93.5 cm³/mol. The summed E-state index contributed by atoms with van der Waals surface area (Å²) in [7, 11) is 0. The Hall–Kier alpha value is -0.000000000000000305. The Morgan fingerprint density at radius 2 is 1.04 bits per heavy atom. The van der Waals surface area contributed by atoms with Crippen LogP contribution in [0.4, 0.5) is 0 Å². The van der Waals surface area contributed by atoms with Gasteiger partial charge in [0.05, 0.1) is 13.2 Å². The van der Waals surface area contributed by atoms with E-state index in [1.807, 2.05) is 0 Å². The molecular formula is C10H24O10P2S2. The number of hydrogen-bond donors (Lipinski definition) is 6. The average molecular weight is 430 g/mol. The summed E-state index contributed by atoms with van der Waals surface area (Å²) in [5.74, 6) is -1.90. The fraction of sp³-hybridized carbons (Fsp3) is 0.800. The third-order valence-corrected chi connectivity index (χ3v) is 1.75. The van der Waals surface area contributed by atoms with Crippen molar-refractivity contribution >= 4 is 49.0 Å². The Morgan fingerprint density at radius 3 is 1.17 bits per heavy atom. The molecule has 0 unspecified atom stereocenters. The molecule has 24 heavy (non-hydrogen) atoms. The van der Waals surface area contributed by atoms with Gasteiger partial charge in [-0.05, 0) is 43.4 Å². The molecule has 0 aliphatic carbocycles. The minimum atomic E-state index is -3.81. The summed E-state index contributed by atoms with van der Waals surface area (Å²) in [6.45, 7) is -0.0548. The quantitative estimate of drug-likeness (QED) is 0.192. The molecule has 0 rings (SSSR count). The molecule has 0 bridgehead atoms. The molecule has 0 fully saturated rings. The van der Waals surface area contributed by atoms with Crippen LogP contribution in [0.25, 0.3) is 0 Å². The summed E-state index contributed by atoms with van der Waals surface area (Å²) in [4.78, 5) is 68.1. The van der Waals surface area contributed by atoms with Crippen molar-refractivity contribution in [2.75, 3.05) is 13.2 Å². The summed E-state index contributed by atoms with van der Waals surface area (Å²) in [6.07, 6.45) is 0. The molecular weight excluding hydrogens is 406 g/mol. The Balaban J connectivity index is -0.000000361. The number of carbonyl (C=O) groups is 2. The highest BCUT2D eigenvalue weighted by molar-refractivity contribution is 8.06. The largest absolute Gasteiger partial charge is 0.465 e. The topological polar surface area (TPSA) is 174 Å². The van der Waals surface area contributed by atoms with Crippen LogP contribution < -0.4 is 0 Å². The van der Waals surface area contributed by atoms with Gasteiger partial charge in [0.1, 0.15) is 0 Å². The third-order valence-electron chi connectivity index (χ3n) is 1.75. The van der Waals surface area contributed by atoms with Gasteiger partial charge in [0, 0.05) is 0 Å². The smallest absolute Gasteiger partial charge is 0.320 e. The van der Waals surface area contributed by atoms with Crippen molar-refractivity contribution in [1.29, 1.82) is 0 Å². The zero-order chi connectivity index (χ0) is 20.1. The number of hydrogen-bond acceptors (Lipinski definition) is 6. The fourth-order valence-corrected chi connectivity index (χ4v) is 1.10. The molecule has 0 aliphatic rings. The SMILES string of the molecule is CCOC(=O)C(C(=O)OCC)C(C)C.OP(O)(O)=S.OP(O)(O)=S. The van der Waals surface area contributed by atoms with Gasteiger partial charge in [-0.25, -0.2) is 0 Å². The molecule has 10 nitrogen and oxygen atoms in total. The molecule has 0 saturated carbocycles. The highest BCUT2D eigenvalue weighted by atomic mass is 32.5. The van der Waals surface area contributed by atoms with E-state index < -0.39 is 31.3 Å². The normalized spacial score (nSPS) is 11.0. The molecule has 0 aliphatic heterocycles. The maximum absolute atomic E-state index is 11.4. The first kappa shape index (κ1) is 28.8. The van der Waals surface area contributed by atoms with Crippen LogP contribution in [0.3, 0.4) is 0 Å². The van der Waals surface area contributed by atoms with Crippen LogP contribution in [0, 0.1) is 11.8 Å². The van der Waals surface area contributed by atoms with E-state index in [9.17, 15) is 9.59 Å². The van der Waals surface area contributed by atoms with Crippen LogP contribution in [0.5, 0.6) is 0 Å². The van der Waals surface area contributed by atoms with Gasteiger partial charge in [-0.2, -0.15) is 0 Å². The van der Waals surface area contributed by atoms with Gasteiger partial charge in [-0.15, -0.1) is 0 Å². The molecule has 0 aromatic rings. The third kappa shape index (κ3) is 29.9. The van der Waals surface area contributed by atoms with Crippen molar-refractivity contribution in [3.63, 3.8) is 0 Å². The lowest BCUT2D eigenvalue weighted by atomic mass is 9.96. The lowest BCUT2D eigenvalue weighted by Crippen LogP contribution is -2.32. The number of carbonyl (C=O) groups excluding carboxylic acids is 2. The molecule has 0 aromatic heterocycles. The summed E-state index contributed by atoms with van der Waals surface area (Å²) in [5, 5.41) is 0. The van der Waals surface area contributed by atoms with E-state index in [4.69, 9.17) is 38.8 Å². The van der Waals surface area contributed by atoms with Gasteiger partial charge in [-0.1, -0.05) is 13.8 Å². The van der Waals surface area contributed by atoms with Gasteiger partial charge in [0.25, 0.3) is 0 Å². The Kier molecular flexibility index (Phi) is 17.0. The van der Waals surface area contributed by atoms with Crippen LogP contribution in [0.15, 0.2) is 0 Å². The lowest BCUT2D eigenvalue weighted by molar-refractivity contribution is -0.163. The number of rotatable bonds is 5. The minimum absolute atomic E-state index is 0.104. The molecule has 14 heteroatoms. The number of ether oxygens (including phenoxy) is 2. The van der Waals surface area contributed by atoms with Crippen molar-refractivity contribution in [3.8, 4) is 0 Å². The summed E-state index contributed by atoms with van der Waals surface area (Å²) in [5.41, 5.74) is 0. The first-order valence-electron chi connectivity index (χ1n) is 6.44. The Bertz CT molecular complexity index is 404. The van der Waals surface area contributed by atoms with Gasteiger partial charge in [0.15, 0.2) is 5.92 Å². The summed E-state index contributed by atoms with van der Waals surface area (Å²) >= 11 is 7.21. The minimum Gasteiger partial charge on any atom is -0.465 e. The first-order chi connectivity index (χ1) is 10.5. The maximum Gasteiger partial charge on any atom is 0.320 e. The van der Waals surface area contributed by atoms with E-state index in [0.29, 0.717) is 0 Å². The van der Waals surface area contributed by atoms with Crippen LogP contribution in [0.1, 0.15) is 27.7 Å². The van der Waals surface area contributed by atoms with Gasteiger partial charge < -0.3 is 38.8 Å². The molecule has 6 N–H and O–H groups in total. The molecule has 0 heterocycles. The highest BCUT2D eigenvalue weighted by Crippen LogP contribution is 2.27. The predicted octanol–water partition coefficient (Wildman–Crippen LogP) is -0.240. The van der Waals surface area contributed by atoms with Crippen LogP contribution >= 0.6 is 13.4 Å². The zero-order valence-electron chi connectivity index (χ0n) is 13.6. The molecule has 0 radical (unpaired) electrons. The van der Waals surface area contributed by atoms with E-state index in [1.165, 1.54) is 0 Å². The fourth-order valence-electron chi connectivity index (χ4n) is 1.10. The van der Waals surface area contributed by atoms with E-state index in [2.05, 4.69) is 23.6 Å². The molecule has 0 amide bonds. The van der Waals surface area contributed by atoms with Crippen LogP contribution in [0.2, 0.25) is 0 Å². The molecule has 0 atom stereocenters. The standard InChI is InChI=1S/C10H18O4.2H3O3PS/c1-5-13-9(11)8(7(3)4)10(12)14-6-2;2*1-4(2,3)5/h7-8H,5-6H2,1-4H3;2*(H3,1,2,3,5). The molecule has 0 aromatic carbocycles. The first-order valence-corrected chi connectivity index (χ1v) is 11.8. The lowest BCUT2D eigenvalue weighted by Gasteiger charge is -2.16. The van der Waals surface area contributed by atoms with Crippen LogP contribution in [-0.2, 0) is 42.7 Å². The van der Waals surface area contributed by atoms with Gasteiger partial charge in [0.2, 0.25) is 0 Å². The Morgan fingerprint density at radius 1 is 0.833 bits per heavy atom. The van der Waals surface area contributed by atoms with Crippen molar-refractivity contribution in [2.45, 2.75) is 27.7 Å². The molecule has 146 valence electrons. The van der Waals surface area contributed by atoms with Gasteiger partial charge >= 0.3 is 25.4 Å². The average Bonchev–Trinajstić information content (AvgIpc) is 2.24. The summed E-state index contributed by atoms with van der Waals surface area (Å²) < 4.78 is 9.59. The van der Waals surface area contributed by atoms with Gasteiger partial charge in [-0.3, -0.25) is 9.59 Å². The van der Waals surface area contributed by atoms with Crippen molar-refractivity contribution < 1.29 is 48.4 Å². The van der Waals surface area contributed by atoms with Crippen molar-refractivity contribution in [3.05, 3.63) is 0 Å².